The van der Waals surface area contributed by atoms with E-state index < -0.39 is 0 Å². The smallest absolute Gasteiger partial charge is 0.0644 e. The molecule has 4 heteroatoms. The van der Waals surface area contributed by atoms with E-state index in [0.29, 0.717) is 6.04 Å². The van der Waals surface area contributed by atoms with Crippen LogP contribution in [0.15, 0.2) is 30.5 Å². The molecule has 1 heterocycles. The second-order valence-electron chi connectivity index (χ2n) is 5.73. The van der Waals surface area contributed by atoms with Gasteiger partial charge in [0.05, 0.1) is 11.7 Å². The summed E-state index contributed by atoms with van der Waals surface area (Å²) in [5.41, 5.74) is 7.69. The number of nitrogens with zero attached hydrogens (tertiary/aromatic N) is 2. The molecule has 0 aliphatic carbocycles. The summed E-state index contributed by atoms with van der Waals surface area (Å²) in [4.78, 5) is 0. The van der Waals surface area contributed by atoms with Gasteiger partial charge in [0.2, 0.25) is 0 Å². The Labute approximate surface area is 121 Å². The molecule has 2 aromatic rings. The van der Waals surface area contributed by atoms with Gasteiger partial charge >= 0.3 is 0 Å². The standard InChI is InChI=1S/C16H24N4/c1-11(2)20-6-5-15(19-20)10-16(18-17)14-8-12(3)7-13(4)9-14/h5-9,11,16,18H,10,17H2,1-4H3. The fourth-order valence-electron chi connectivity index (χ4n) is 2.47. The second kappa shape index (κ2) is 6.20. The van der Waals surface area contributed by atoms with Crippen LogP contribution in [-0.4, -0.2) is 9.78 Å². The maximum absolute atomic E-state index is 5.73. The first-order valence-electron chi connectivity index (χ1n) is 7.08. The van der Waals surface area contributed by atoms with Gasteiger partial charge in [0.1, 0.15) is 0 Å². The number of aromatic nitrogens is 2. The van der Waals surface area contributed by atoms with Gasteiger partial charge in [-0.2, -0.15) is 5.10 Å². The lowest BCUT2D eigenvalue weighted by Gasteiger charge is -2.16. The average molecular weight is 272 g/mol. The zero-order valence-electron chi connectivity index (χ0n) is 12.7. The van der Waals surface area contributed by atoms with Crippen LogP contribution in [-0.2, 0) is 6.42 Å². The Balaban J connectivity index is 2.19. The normalized spacial score (nSPS) is 12.9. The number of nitrogens with one attached hydrogen (secondary N) is 1. The molecule has 1 atom stereocenters. The van der Waals surface area contributed by atoms with Crippen LogP contribution in [0.25, 0.3) is 0 Å². The van der Waals surface area contributed by atoms with Crippen LogP contribution in [0.4, 0.5) is 0 Å². The Morgan fingerprint density at radius 3 is 2.35 bits per heavy atom. The van der Waals surface area contributed by atoms with E-state index in [1.165, 1.54) is 16.7 Å². The third-order valence-corrected chi connectivity index (χ3v) is 3.45. The molecular weight excluding hydrogens is 248 g/mol. The molecule has 1 aromatic heterocycles. The Morgan fingerprint density at radius 1 is 1.20 bits per heavy atom. The van der Waals surface area contributed by atoms with E-state index in [1.54, 1.807) is 0 Å². The maximum Gasteiger partial charge on any atom is 0.0644 e. The first kappa shape index (κ1) is 14.8. The molecule has 2 rings (SSSR count). The minimum absolute atomic E-state index is 0.0871. The van der Waals surface area contributed by atoms with Crippen LogP contribution in [0.2, 0.25) is 0 Å². The van der Waals surface area contributed by atoms with Gasteiger partial charge in [0, 0.05) is 18.7 Å². The molecule has 1 unspecified atom stereocenters. The summed E-state index contributed by atoms with van der Waals surface area (Å²) < 4.78 is 1.98. The van der Waals surface area contributed by atoms with Crippen molar-refractivity contribution >= 4 is 0 Å². The van der Waals surface area contributed by atoms with Gasteiger partial charge in [-0.1, -0.05) is 29.3 Å². The molecule has 108 valence electrons. The minimum Gasteiger partial charge on any atom is -0.271 e. The molecule has 0 fully saturated rings. The van der Waals surface area contributed by atoms with Gasteiger partial charge in [0.25, 0.3) is 0 Å². The van der Waals surface area contributed by atoms with Crippen molar-refractivity contribution in [1.29, 1.82) is 0 Å². The highest BCUT2D eigenvalue weighted by molar-refractivity contribution is 5.31. The van der Waals surface area contributed by atoms with E-state index in [9.17, 15) is 0 Å². The van der Waals surface area contributed by atoms with E-state index in [4.69, 9.17) is 5.84 Å². The third kappa shape index (κ3) is 3.46. The van der Waals surface area contributed by atoms with Gasteiger partial charge in [-0.25, -0.2) is 0 Å². The summed E-state index contributed by atoms with van der Waals surface area (Å²) in [6.45, 7) is 8.47. The lowest BCUT2D eigenvalue weighted by Crippen LogP contribution is -2.29. The van der Waals surface area contributed by atoms with Crippen molar-refractivity contribution in [3.05, 3.63) is 52.8 Å². The highest BCUT2D eigenvalue weighted by Gasteiger charge is 2.13. The summed E-state index contributed by atoms with van der Waals surface area (Å²) in [6, 6.07) is 9.06. The largest absolute Gasteiger partial charge is 0.271 e. The zero-order chi connectivity index (χ0) is 14.7. The third-order valence-electron chi connectivity index (χ3n) is 3.45. The first-order chi connectivity index (χ1) is 9.49. The number of rotatable bonds is 5. The average Bonchev–Trinajstić information content (AvgIpc) is 2.83. The van der Waals surface area contributed by atoms with Crippen LogP contribution in [0.1, 0.15) is 48.3 Å². The predicted molar refractivity (Wildman–Crippen MR) is 82.3 cm³/mol. The molecule has 0 bridgehead atoms. The minimum atomic E-state index is 0.0871. The maximum atomic E-state index is 5.73. The van der Waals surface area contributed by atoms with Crippen molar-refractivity contribution < 1.29 is 0 Å². The Hall–Kier alpha value is -1.65. The van der Waals surface area contributed by atoms with Gasteiger partial charge in [-0.05, 0) is 39.3 Å². The Morgan fingerprint density at radius 2 is 1.85 bits per heavy atom. The van der Waals surface area contributed by atoms with Crippen LogP contribution in [0.3, 0.4) is 0 Å². The lowest BCUT2D eigenvalue weighted by molar-refractivity contribution is 0.506. The number of benzene rings is 1. The van der Waals surface area contributed by atoms with Crippen molar-refractivity contribution in [1.82, 2.24) is 15.2 Å². The highest BCUT2D eigenvalue weighted by atomic mass is 15.3. The van der Waals surface area contributed by atoms with Gasteiger partial charge in [-0.15, -0.1) is 0 Å². The van der Waals surface area contributed by atoms with E-state index in [2.05, 4.69) is 62.5 Å². The van der Waals surface area contributed by atoms with Crippen LogP contribution < -0.4 is 11.3 Å². The molecule has 0 aliphatic rings. The summed E-state index contributed by atoms with van der Waals surface area (Å²) in [5, 5.41) is 4.59. The summed E-state index contributed by atoms with van der Waals surface area (Å²) in [7, 11) is 0. The summed E-state index contributed by atoms with van der Waals surface area (Å²) in [6.07, 6.45) is 2.81. The molecule has 0 aliphatic heterocycles. The van der Waals surface area contributed by atoms with Crippen LogP contribution in [0, 0.1) is 13.8 Å². The van der Waals surface area contributed by atoms with Crippen LogP contribution in [0.5, 0.6) is 0 Å². The Bertz CT molecular complexity index is 551. The summed E-state index contributed by atoms with van der Waals surface area (Å²) in [5.74, 6) is 5.73. The van der Waals surface area contributed by atoms with Crippen molar-refractivity contribution in [2.24, 2.45) is 5.84 Å². The number of hydrogen-bond donors (Lipinski definition) is 2. The van der Waals surface area contributed by atoms with E-state index in [-0.39, 0.29) is 6.04 Å². The van der Waals surface area contributed by atoms with Crippen molar-refractivity contribution in [3.8, 4) is 0 Å². The van der Waals surface area contributed by atoms with Crippen molar-refractivity contribution in [2.45, 2.75) is 46.2 Å². The molecule has 1 aromatic carbocycles. The van der Waals surface area contributed by atoms with Crippen molar-refractivity contribution in [3.63, 3.8) is 0 Å². The molecule has 4 nitrogen and oxygen atoms in total. The molecule has 0 saturated heterocycles. The van der Waals surface area contributed by atoms with Crippen LogP contribution >= 0.6 is 0 Å². The second-order valence-corrected chi connectivity index (χ2v) is 5.73. The molecule has 0 saturated carbocycles. The van der Waals surface area contributed by atoms with Gasteiger partial charge < -0.3 is 0 Å². The highest BCUT2D eigenvalue weighted by Crippen LogP contribution is 2.20. The topological polar surface area (TPSA) is 55.9 Å². The molecule has 0 amide bonds. The lowest BCUT2D eigenvalue weighted by atomic mass is 9.98. The quantitative estimate of drug-likeness (QED) is 0.650. The van der Waals surface area contributed by atoms with Crippen molar-refractivity contribution in [2.75, 3.05) is 0 Å². The zero-order valence-corrected chi connectivity index (χ0v) is 12.7. The number of aryl methyl sites for hydroxylation is 2. The molecule has 20 heavy (non-hydrogen) atoms. The molecule has 0 radical (unpaired) electrons. The van der Waals surface area contributed by atoms with E-state index in [1.807, 2.05) is 10.9 Å². The predicted octanol–water partition coefficient (Wildman–Crippen LogP) is 2.83. The molecule has 0 spiro atoms. The number of nitrogens with two attached hydrogens (primary N) is 1. The monoisotopic (exact) mass is 272 g/mol. The fourth-order valence-corrected chi connectivity index (χ4v) is 2.47. The van der Waals surface area contributed by atoms with Gasteiger partial charge in [-0.3, -0.25) is 16.0 Å². The van der Waals surface area contributed by atoms with E-state index in [0.717, 1.165) is 12.1 Å². The first-order valence-corrected chi connectivity index (χ1v) is 7.08. The SMILES string of the molecule is Cc1cc(C)cc(C(Cc2ccn(C(C)C)n2)NN)c1. The van der Waals surface area contributed by atoms with E-state index >= 15 is 0 Å². The fraction of sp³-hybridized carbons (Fsp3) is 0.438. The number of hydrazine groups is 1. The van der Waals surface area contributed by atoms with Gasteiger partial charge in [0.15, 0.2) is 0 Å². The Kier molecular flexibility index (Phi) is 4.57. The number of hydrogen-bond acceptors (Lipinski definition) is 3. The molecule has 3 N–H and O–H groups in total. The summed E-state index contributed by atoms with van der Waals surface area (Å²) >= 11 is 0. The molecular formula is C16H24N4.